The average Bonchev–Trinajstić information content (AvgIpc) is 2.21. The van der Waals surface area contributed by atoms with Crippen LogP contribution in [0.25, 0.3) is 0 Å². The quantitative estimate of drug-likeness (QED) is 0.684. The molecule has 0 aliphatic carbocycles. The number of Topliss-reactive ketones (excluding diaryl/α,β-unsaturated/α-hetero) is 1. The molecule has 0 atom stereocenters. The summed E-state index contributed by atoms with van der Waals surface area (Å²) in [5.41, 5.74) is 8.56. The fourth-order valence-electron chi connectivity index (χ4n) is 1.20. The molecule has 0 spiro atoms. The highest BCUT2D eigenvalue weighted by Gasteiger charge is 2.07. The standard InChI is InChI=1S/C10H11Br2NO/c11-5-8-3-1-2-7(10(8)13)4-9(14)6-12/h1-3H,4-6,13H2. The molecule has 4 heteroatoms. The molecule has 0 fully saturated rings. The number of ketones is 1. The first-order valence-electron chi connectivity index (χ1n) is 4.19. The number of carbonyl (C=O) groups excluding carboxylic acids is 1. The van der Waals surface area contributed by atoms with Crippen LogP contribution in [0.1, 0.15) is 11.1 Å². The molecule has 76 valence electrons. The number of alkyl halides is 2. The first-order valence-corrected chi connectivity index (χ1v) is 6.43. The van der Waals surface area contributed by atoms with Crippen molar-refractivity contribution >= 4 is 43.3 Å². The van der Waals surface area contributed by atoms with Crippen LogP contribution in [0.15, 0.2) is 18.2 Å². The van der Waals surface area contributed by atoms with Gasteiger partial charge in [-0.3, -0.25) is 4.79 Å². The minimum Gasteiger partial charge on any atom is -0.398 e. The molecule has 0 amide bonds. The zero-order chi connectivity index (χ0) is 10.6. The van der Waals surface area contributed by atoms with Gasteiger partial charge in [-0.15, -0.1) is 0 Å². The van der Waals surface area contributed by atoms with Gasteiger partial charge in [0.25, 0.3) is 0 Å². The van der Waals surface area contributed by atoms with E-state index >= 15 is 0 Å². The van der Waals surface area contributed by atoms with Crippen LogP contribution in [-0.4, -0.2) is 11.1 Å². The number of halogens is 2. The molecule has 1 aromatic carbocycles. The van der Waals surface area contributed by atoms with Crippen LogP contribution >= 0.6 is 31.9 Å². The van der Waals surface area contributed by atoms with Crippen molar-refractivity contribution in [3.05, 3.63) is 29.3 Å². The summed E-state index contributed by atoms with van der Waals surface area (Å²) in [6, 6.07) is 5.76. The summed E-state index contributed by atoms with van der Waals surface area (Å²) in [6.45, 7) is 0. The summed E-state index contributed by atoms with van der Waals surface area (Å²) in [6.07, 6.45) is 0.401. The lowest BCUT2D eigenvalue weighted by atomic mass is 10.0. The number of para-hydroxylation sites is 1. The van der Waals surface area contributed by atoms with E-state index in [1.54, 1.807) is 0 Å². The Morgan fingerprint density at radius 1 is 1.29 bits per heavy atom. The van der Waals surface area contributed by atoms with E-state index in [4.69, 9.17) is 5.73 Å². The largest absolute Gasteiger partial charge is 0.398 e. The van der Waals surface area contributed by atoms with Gasteiger partial charge >= 0.3 is 0 Å². The van der Waals surface area contributed by atoms with Gasteiger partial charge in [0, 0.05) is 17.4 Å². The third-order valence-corrected chi connectivity index (χ3v) is 3.20. The zero-order valence-electron chi connectivity index (χ0n) is 7.59. The highest BCUT2D eigenvalue weighted by Crippen LogP contribution is 2.20. The van der Waals surface area contributed by atoms with Gasteiger partial charge in [0.2, 0.25) is 0 Å². The van der Waals surface area contributed by atoms with E-state index in [1.165, 1.54) is 0 Å². The molecule has 0 aromatic heterocycles. The van der Waals surface area contributed by atoms with Gasteiger partial charge in [0.05, 0.1) is 5.33 Å². The Labute approximate surface area is 100 Å². The van der Waals surface area contributed by atoms with Crippen LogP contribution in [0, 0.1) is 0 Å². The van der Waals surface area contributed by atoms with Crippen molar-refractivity contribution in [1.82, 2.24) is 0 Å². The van der Waals surface area contributed by atoms with Crippen molar-refractivity contribution in [2.24, 2.45) is 0 Å². The third kappa shape index (κ3) is 2.82. The minimum atomic E-state index is 0.142. The molecule has 0 heterocycles. The normalized spacial score (nSPS) is 10.1. The molecule has 0 saturated carbocycles. The Morgan fingerprint density at radius 3 is 2.50 bits per heavy atom. The lowest BCUT2D eigenvalue weighted by Crippen LogP contribution is -2.07. The summed E-state index contributed by atoms with van der Waals surface area (Å²) in [7, 11) is 0. The number of hydrogen-bond donors (Lipinski definition) is 1. The molecule has 2 nitrogen and oxygen atoms in total. The van der Waals surface area contributed by atoms with Crippen LogP contribution in [0.3, 0.4) is 0 Å². The molecular formula is C10H11Br2NO. The second-order valence-electron chi connectivity index (χ2n) is 2.97. The highest BCUT2D eigenvalue weighted by molar-refractivity contribution is 9.09. The van der Waals surface area contributed by atoms with Crippen molar-refractivity contribution in [3.63, 3.8) is 0 Å². The summed E-state index contributed by atoms with van der Waals surface area (Å²) in [5.74, 6) is 0.142. The maximum absolute atomic E-state index is 11.2. The topological polar surface area (TPSA) is 43.1 Å². The van der Waals surface area contributed by atoms with Gasteiger partial charge in [-0.25, -0.2) is 0 Å². The molecule has 1 rings (SSSR count). The predicted octanol–water partition coefficient (Wildman–Crippen LogP) is 2.67. The third-order valence-electron chi connectivity index (χ3n) is 1.97. The SMILES string of the molecule is Nc1c(CBr)cccc1CC(=O)CBr. The number of anilines is 1. The second-order valence-corrected chi connectivity index (χ2v) is 4.09. The van der Waals surface area contributed by atoms with Crippen LogP contribution in [0.2, 0.25) is 0 Å². The van der Waals surface area contributed by atoms with Gasteiger partial charge in [-0.2, -0.15) is 0 Å². The number of hydrogen-bond acceptors (Lipinski definition) is 2. The lowest BCUT2D eigenvalue weighted by Gasteiger charge is -2.07. The molecule has 0 aliphatic rings. The molecule has 0 unspecified atom stereocenters. The smallest absolute Gasteiger partial charge is 0.147 e. The number of nitrogens with two attached hydrogens (primary N) is 1. The van der Waals surface area contributed by atoms with Crippen molar-refractivity contribution in [3.8, 4) is 0 Å². The Hall–Kier alpha value is -0.350. The maximum atomic E-state index is 11.2. The predicted molar refractivity (Wildman–Crippen MR) is 66.0 cm³/mol. The van der Waals surface area contributed by atoms with E-state index in [-0.39, 0.29) is 5.78 Å². The Kier molecular flexibility index (Phi) is 4.62. The summed E-state index contributed by atoms with van der Waals surface area (Å²) < 4.78 is 0. The molecule has 2 N–H and O–H groups in total. The number of carbonyl (C=O) groups is 1. The zero-order valence-corrected chi connectivity index (χ0v) is 10.8. The van der Waals surface area contributed by atoms with Crippen LogP contribution < -0.4 is 5.73 Å². The van der Waals surface area contributed by atoms with Crippen LogP contribution in [0.4, 0.5) is 5.69 Å². The molecule has 0 aliphatic heterocycles. The Bertz CT molecular complexity index is 339. The fourth-order valence-corrected chi connectivity index (χ4v) is 1.88. The molecule has 14 heavy (non-hydrogen) atoms. The van der Waals surface area contributed by atoms with E-state index < -0.39 is 0 Å². The van der Waals surface area contributed by atoms with Crippen molar-refractivity contribution in [2.75, 3.05) is 11.1 Å². The van der Waals surface area contributed by atoms with Gasteiger partial charge in [-0.05, 0) is 11.1 Å². The summed E-state index contributed by atoms with van der Waals surface area (Å²) in [4.78, 5) is 11.2. The molecule has 1 aromatic rings. The Balaban J connectivity index is 2.92. The van der Waals surface area contributed by atoms with Crippen molar-refractivity contribution in [1.29, 1.82) is 0 Å². The lowest BCUT2D eigenvalue weighted by molar-refractivity contribution is -0.115. The van der Waals surface area contributed by atoms with E-state index in [0.717, 1.165) is 22.1 Å². The number of nitrogen functional groups attached to an aromatic ring is 1. The molecular weight excluding hydrogens is 310 g/mol. The maximum Gasteiger partial charge on any atom is 0.147 e. The summed E-state index contributed by atoms with van der Waals surface area (Å²) >= 11 is 6.48. The van der Waals surface area contributed by atoms with Crippen molar-refractivity contribution in [2.45, 2.75) is 11.8 Å². The van der Waals surface area contributed by atoms with E-state index in [9.17, 15) is 4.79 Å². The molecule has 0 saturated heterocycles. The minimum absolute atomic E-state index is 0.142. The van der Waals surface area contributed by atoms with Gasteiger partial charge in [0.1, 0.15) is 5.78 Å². The van der Waals surface area contributed by atoms with Gasteiger partial charge < -0.3 is 5.73 Å². The van der Waals surface area contributed by atoms with E-state index in [1.807, 2.05) is 18.2 Å². The van der Waals surface area contributed by atoms with Gasteiger partial charge in [-0.1, -0.05) is 50.1 Å². The van der Waals surface area contributed by atoms with Gasteiger partial charge in [0.15, 0.2) is 0 Å². The highest BCUT2D eigenvalue weighted by atomic mass is 79.9. The molecule has 0 bridgehead atoms. The van der Waals surface area contributed by atoms with Crippen LogP contribution in [0.5, 0.6) is 0 Å². The van der Waals surface area contributed by atoms with Crippen LogP contribution in [-0.2, 0) is 16.5 Å². The average molecular weight is 321 g/mol. The second kappa shape index (κ2) is 5.51. The fraction of sp³-hybridized carbons (Fsp3) is 0.300. The first-order chi connectivity index (χ1) is 6.69. The Morgan fingerprint density at radius 2 is 1.93 bits per heavy atom. The van der Waals surface area contributed by atoms with E-state index in [0.29, 0.717) is 11.8 Å². The number of rotatable bonds is 4. The van der Waals surface area contributed by atoms with Crippen molar-refractivity contribution < 1.29 is 4.79 Å². The monoisotopic (exact) mass is 319 g/mol. The molecule has 0 radical (unpaired) electrons. The summed E-state index contributed by atoms with van der Waals surface area (Å²) in [5, 5.41) is 1.10. The van der Waals surface area contributed by atoms with E-state index in [2.05, 4.69) is 31.9 Å². The number of benzene rings is 1. The first kappa shape index (κ1) is 11.7.